The van der Waals surface area contributed by atoms with E-state index < -0.39 is 6.04 Å². The summed E-state index contributed by atoms with van der Waals surface area (Å²) in [7, 11) is 1.31. The zero-order valence-electron chi connectivity index (χ0n) is 5.72. The first kappa shape index (κ1) is 7.21. The smallest absolute Gasteiger partial charge is 0.323 e. The van der Waals surface area contributed by atoms with E-state index in [1.165, 1.54) is 7.11 Å². The summed E-state index contributed by atoms with van der Waals surface area (Å²) in [5.41, 5.74) is 0. The fourth-order valence-corrected chi connectivity index (χ4v) is 0.918. The van der Waals surface area contributed by atoms with Gasteiger partial charge in [0, 0.05) is 6.42 Å². The Morgan fingerprint density at radius 3 is 2.90 bits per heavy atom. The molecule has 0 bridgehead atoms. The van der Waals surface area contributed by atoms with E-state index in [0.717, 1.165) is 0 Å². The molecule has 0 radical (unpaired) electrons. The van der Waals surface area contributed by atoms with Crippen LogP contribution >= 0.6 is 0 Å². The summed E-state index contributed by atoms with van der Waals surface area (Å²) in [5.74, 6) is -0.291. The van der Waals surface area contributed by atoms with Crippen molar-refractivity contribution < 1.29 is 14.3 Å². The minimum atomic E-state index is -0.405. The van der Waals surface area contributed by atoms with Gasteiger partial charge in [-0.05, 0) is 0 Å². The Hall–Kier alpha value is -0.900. The van der Waals surface area contributed by atoms with Gasteiger partial charge in [-0.15, -0.1) is 0 Å². The molecule has 1 aliphatic heterocycles. The topological polar surface area (TPSA) is 55.4 Å². The molecule has 0 saturated carbocycles. The molecule has 56 valence electrons. The van der Waals surface area contributed by atoms with Crippen LogP contribution in [0.2, 0.25) is 0 Å². The number of rotatable bonds is 1. The van der Waals surface area contributed by atoms with E-state index in [-0.39, 0.29) is 18.2 Å². The molecule has 4 nitrogen and oxygen atoms in total. The lowest BCUT2D eigenvalue weighted by molar-refractivity contribution is -0.143. The van der Waals surface area contributed by atoms with Gasteiger partial charge >= 0.3 is 5.97 Å². The number of carbonyl (C=O) groups excluding carboxylic acids is 2. The Labute approximate surface area is 58.5 Å². The number of hydrogen-bond acceptors (Lipinski definition) is 4. The number of carbonyl (C=O) groups is 2. The minimum Gasteiger partial charge on any atom is -0.468 e. The molecule has 1 rings (SSSR count). The van der Waals surface area contributed by atoms with Gasteiger partial charge in [0.15, 0.2) is 0 Å². The molecule has 1 atom stereocenters. The van der Waals surface area contributed by atoms with Gasteiger partial charge in [-0.1, -0.05) is 0 Å². The molecule has 1 aliphatic rings. The maximum atomic E-state index is 10.7. The third kappa shape index (κ3) is 1.33. The Bertz CT molecular complexity index is 166. The van der Waals surface area contributed by atoms with Crippen molar-refractivity contribution in [3.8, 4) is 0 Å². The normalized spacial score (nSPS) is 24.9. The molecule has 1 fully saturated rings. The molecule has 10 heavy (non-hydrogen) atoms. The first-order valence-electron chi connectivity index (χ1n) is 3.07. The molecule has 0 aromatic heterocycles. The summed E-state index contributed by atoms with van der Waals surface area (Å²) in [6.07, 6.45) is 0.271. The minimum absolute atomic E-state index is 0.0652. The van der Waals surface area contributed by atoms with Gasteiger partial charge < -0.3 is 4.74 Å². The standard InChI is InChI=1S/C6H9NO3/c1-10-6(9)5-2-4(8)3-7-5/h5,7H,2-3H2,1H3. The molecule has 0 aromatic carbocycles. The maximum Gasteiger partial charge on any atom is 0.323 e. The van der Waals surface area contributed by atoms with Gasteiger partial charge in [0.25, 0.3) is 0 Å². The highest BCUT2D eigenvalue weighted by molar-refractivity contribution is 5.91. The van der Waals surface area contributed by atoms with Crippen LogP contribution < -0.4 is 5.32 Å². The van der Waals surface area contributed by atoms with Crippen LogP contribution in [0.25, 0.3) is 0 Å². The average molecular weight is 143 g/mol. The van der Waals surface area contributed by atoms with Crippen LogP contribution in [0.1, 0.15) is 6.42 Å². The average Bonchev–Trinajstić information content (AvgIpc) is 2.34. The van der Waals surface area contributed by atoms with Crippen molar-refractivity contribution in [2.75, 3.05) is 13.7 Å². The molecule has 1 N–H and O–H groups in total. The van der Waals surface area contributed by atoms with Crippen molar-refractivity contribution in [1.82, 2.24) is 5.32 Å². The lowest BCUT2D eigenvalue weighted by Gasteiger charge is -2.03. The Kier molecular flexibility index (Phi) is 2.01. The number of methoxy groups -OCH3 is 1. The van der Waals surface area contributed by atoms with Gasteiger partial charge in [0.1, 0.15) is 11.8 Å². The van der Waals surface area contributed by atoms with Crippen molar-refractivity contribution in [2.24, 2.45) is 0 Å². The third-order valence-electron chi connectivity index (χ3n) is 1.46. The molecule has 1 heterocycles. The highest BCUT2D eigenvalue weighted by Gasteiger charge is 2.27. The zero-order valence-corrected chi connectivity index (χ0v) is 5.72. The second-order valence-electron chi connectivity index (χ2n) is 2.20. The van der Waals surface area contributed by atoms with E-state index in [2.05, 4.69) is 10.1 Å². The summed E-state index contributed by atoms with van der Waals surface area (Å²) in [5, 5.41) is 2.73. The third-order valence-corrected chi connectivity index (χ3v) is 1.46. The van der Waals surface area contributed by atoms with Crippen molar-refractivity contribution >= 4 is 11.8 Å². The van der Waals surface area contributed by atoms with Crippen molar-refractivity contribution in [2.45, 2.75) is 12.5 Å². The predicted molar refractivity (Wildman–Crippen MR) is 33.4 cm³/mol. The maximum absolute atomic E-state index is 10.7. The Morgan fingerprint density at radius 1 is 1.80 bits per heavy atom. The molecular weight excluding hydrogens is 134 g/mol. The summed E-state index contributed by atoms with van der Waals surface area (Å²) in [6.45, 7) is 0.291. The first-order valence-corrected chi connectivity index (χ1v) is 3.07. The van der Waals surface area contributed by atoms with Crippen LogP contribution in [0.5, 0.6) is 0 Å². The molecule has 0 spiro atoms. The van der Waals surface area contributed by atoms with Crippen LogP contribution in [0.3, 0.4) is 0 Å². The lowest BCUT2D eigenvalue weighted by Crippen LogP contribution is -2.31. The zero-order chi connectivity index (χ0) is 7.56. The monoisotopic (exact) mass is 143 g/mol. The number of nitrogens with one attached hydrogen (secondary N) is 1. The van der Waals surface area contributed by atoms with E-state index in [1.807, 2.05) is 0 Å². The van der Waals surface area contributed by atoms with Gasteiger partial charge in [-0.2, -0.15) is 0 Å². The van der Waals surface area contributed by atoms with Crippen molar-refractivity contribution in [3.63, 3.8) is 0 Å². The van der Waals surface area contributed by atoms with Crippen molar-refractivity contribution in [1.29, 1.82) is 0 Å². The molecule has 1 unspecified atom stereocenters. The highest BCUT2D eigenvalue weighted by atomic mass is 16.5. The van der Waals surface area contributed by atoms with Crippen LogP contribution in [-0.4, -0.2) is 31.4 Å². The second kappa shape index (κ2) is 2.79. The van der Waals surface area contributed by atoms with Crippen LogP contribution in [-0.2, 0) is 14.3 Å². The summed E-state index contributed by atoms with van der Waals surface area (Å²) in [6, 6.07) is -0.405. The van der Waals surface area contributed by atoms with Gasteiger partial charge in [0.2, 0.25) is 0 Å². The van der Waals surface area contributed by atoms with Crippen LogP contribution in [0.15, 0.2) is 0 Å². The van der Waals surface area contributed by atoms with E-state index >= 15 is 0 Å². The number of esters is 1. The summed E-state index contributed by atoms with van der Waals surface area (Å²) >= 11 is 0. The van der Waals surface area contributed by atoms with E-state index in [4.69, 9.17) is 0 Å². The van der Waals surface area contributed by atoms with Crippen molar-refractivity contribution in [3.05, 3.63) is 0 Å². The summed E-state index contributed by atoms with van der Waals surface area (Å²) in [4.78, 5) is 21.3. The molecule has 0 amide bonds. The number of ether oxygens (including phenoxy) is 1. The largest absolute Gasteiger partial charge is 0.468 e. The van der Waals surface area contributed by atoms with Gasteiger partial charge in [-0.25, -0.2) is 0 Å². The fourth-order valence-electron chi connectivity index (χ4n) is 0.918. The predicted octanol–water partition coefficient (Wildman–Crippen LogP) is -0.910. The van der Waals surface area contributed by atoms with Gasteiger partial charge in [0.05, 0.1) is 13.7 Å². The van der Waals surface area contributed by atoms with E-state index in [0.29, 0.717) is 6.54 Å². The highest BCUT2D eigenvalue weighted by Crippen LogP contribution is 2.02. The van der Waals surface area contributed by atoms with E-state index in [9.17, 15) is 9.59 Å². The van der Waals surface area contributed by atoms with E-state index in [1.54, 1.807) is 0 Å². The number of ketones is 1. The Balaban J connectivity index is 2.44. The molecule has 4 heteroatoms. The quantitative estimate of drug-likeness (QED) is 0.483. The van der Waals surface area contributed by atoms with Crippen LogP contribution in [0.4, 0.5) is 0 Å². The lowest BCUT2D eigenvalue weighted by atomic mass is 10.2. The second-order valence-corrected chi connectivity index (χ2v) is 2.20. The number of Topliss-reactive ketones (excluding diaryl/α,β-unsaturated/α-hetero) is 1. The molecular formula is C6H9NO3. The molecule has 0 aromatic rings. The summed E-state index contributed by atoms with van der Waals surface area (Å²) < 4.78 is 4.43. The first-order chi connectivity index (χ1) is 4.74. The number of hydrogen-bond donors (Lipinski definition) is 1. The molecule has 0 aliphatic carbocycles. The Morgan fingerprint density at radius 2 is 2.50 bits per heavy atom. The molecule has 1 saturated heterocycles. The van der Waals surface area contributed by atoms with Gasteiger partial charge in [-0.3, -0.25) is 14.9 Å². The fraction of sp³-hybridized carbons (Fsp3) is 0.667. The van der Waals surface area contributed by atoms with Crippen LogP contribution in [0, 0.1) is 0 Å². The SMILES string of the molecule is COC(=O)C1CC(=O)CN1.